The number of piperidine rings is 1. The van der Waals surface area contributed by atoms with Crippen LogP contribution in [-0.4, -0.2) is 47.1 Å². The average molecular weight is 490 g/mol. The van der Waals surface area contributed by atoms with E-state index >= 15 is 0 Å². The number of hydrazine groups is 1. The van der Waals surface area contributed by atoms with E-state index in [1.165, 1.54) is 17.7 Å². The Labute approximate surface area is 213 Å². The van der Waals surface area contributed by atoms with Gasteiger partial charge in [-0.15, -0.1) is 0 Å². The fourth-order valence-corrected chi connectivity index (χ4v) is 4.66. The Morgan fingerprint density at radius 3 is 2.56 bits per heavy atom. The number of aryl methyl sites for hydroxylation is 1. The summed E-state index contributed by atoms with van der Waals surface area (Å²) in [6, 6.07) is 13.0. The zero-order valence-corrected chi connectivity index (χ0v) is 21.9. The van der Waals surface area contributed by atoms with Gasteiger partial charge in [0.1, 0.15) is 17.4 Å². The first-order valence-electron chi connectivity index (χ1n) is 12.8. The van der Waals surface area contributed by atoms with Crippen LogP contribution in [0.5, 0.6) is 5.75 Å². The van der Waals surface area contributed by atoms with Crippen molar-refractivity contribution in [2.75, 3.05) is 31.8 Å². The van der Waals surface area contributed by atoms with Gasteiger partial charge in [-0.25, -0.2) is 9.37 Å². The Kier molecular flexibility index (Phi) is 8.08. The maximum atomic E-state index is 13.6. The molecule has 0 saturated carbocycles. The Balaban J connectivity index is 0.00000148. The van der Waals surface area contributed by atoms with Gasteiger partial charge in [-0.05, 0) is 79.3 Å². The summed E-state index contributed by atoms with van der Waals surface area (Å²) in [6.45, 7) is 10.7. The van der Waals surface area contributed by atoms with Crippen molar-refractivity contribution in [3.63, 3.8) is 0 Å². The fraction of sp³-hybridized carbons (Fsp3) is 0.379. The van der Waals surface area contributed by atoms with Crippen LogP contribution in [-0.2, 0) is 0 Å². The second-order valence-electron chi connectivity index (χ2n) is 9.08. The van der Waals surface area contributed by atoms with Crippen LogP contribution in [0.25, 0.3) is 11.8 Å². The second-order valence-corrected chi connectivity index (χ2v) is 9.08. The van der Waals surface area contributed by atoms with Crippen LogP contribution in [0.15, 0.2) is 65.6 Å². The largest absolute Gasteiger partial charge is 0.495 e. The monoisotopic (exact) mass is 489 g/mol. The molecule has 0 bridgehead atoms. The number of halogens is 1. The summed E-state index contributed by atoms with van der Waals surface area (Å²) in [6.07, 6.45) is 8.00. The number of benzene rings is 2. The highest BCUT2D eigenvalue weighted by atomic mass is 19.1. The van der Waals surface area contributed by atoms with Crippen LogP contribution in [0.4, 0.5) is 10.1 Å². The summed E-state index contributed by atoms with van der Waals surface area (Å²) < 4.78 is 21.3. The first-order chi connectivity index (χ1) is 17.5. The topological polar surface area (TPSA) is 45.9 Å². The van der Waals surface area contributed by atoms with E-state index < -0.39 is 0 Å². The second kappa shape index (κ2) is 11.4. The number of hydrogen-bond acceptors (Lipinski definition) is 5. The number of nitrogens with zero attached hydrogens (tertiary/aromatic N) is 5. The van der Waals surface area contributed by atoms with Crippen molar-refractivity contribution >= 4 is 17.6 Å². The minimum Gasteiger partial charge on any atom is -0.495 e. The summed E-state index contributed by atoms with van der Waals surface area (Å²) >= 11 is 0. The van der Waals surface area contributed by atoms with E-state index in [4.69, 9.17) is 9.73 Å². The SMILES string of the molecule is CC.COc1cc(/C=C2\CCCN3C2=NCC(C)CN3c2ccc(F)cc2)ccc1-n1cnc(C)c1. The molecular formula is C29H36FN5O. The van der Waals surface area contributed by atoms with Crippen molar-refractivity contribution in [2.24, 2.45) is 10.9 Å². The zero-order chi connectivity index (χ0) is 25.7. The highest BCUT2D eigenvalue weighted by molar-refractivity contribution is 6.03. The highest BCUT2D eigenvalue weighted by Crippen LogP contribution is 2.31. The van der Waals surface area contributed by atoms with E-state index in [9.17, 15) is 4.39 Å². The van der Waals surface area contributed by atoms with Gasteiger partial charge in [-0.2, -0.15) is 0 Å². The standard InChI is InChI=1S/C27H30FN5O.C2H6/c1-19-15-29-27-22(5-4-12-32(27)33(16-19)24-9-7-23(28)8-10-24)13-21-6-11-25(26(14-21)34-3)31-17-20(2)30-18-31;1-2/h6-11,13-14,17-19H,4-5,12,15-16H2,1-3H3;1-2H3/b22-13+;. The van der Waals surface area contributed by atoms with Gasteiger partial charge in [0.25, 0.3) is 0 Å². The lowest BCUT2D eigenvalue weighted by molar-refractivity contribution is 0.352. The molecule has 6 nitrogen and oxygen atoms in total. The minimum absolute atomic E-state index is 0.219. The maximum absolute atomic E-state index is 13.6. The highest BCUT2D eigenvalue weighted by Gasteiger charge is 2.30. The number of fused-ring (bicyclic) bond motifs is 1. The van der Waals surface area contributed by atoms with E-state index in [-0.39, 0.29) is 5.82 Å². The van der Waals surface area contributed by atoms with Gasteiger partial charge in [0.05, 0.1) is 30.5 Å². The van der Waals surface area contributed by atoms with Gasteiger partial charge in [0.2, 0.25) is 0 Å². The van der Waals surface area contributed by atoms with Gasteiger partial charge in [-0.1, -0.05) is 26.8 Å². The molecule has 1 atom stereocenters. The smallest absolute Gasteiger partial charge is 0.145 e. The molecule has 190 valence electrons. The van der Waals surface area contributed by atoms with Gasteiger partial charge in [0, 0.05) is 25.8 Å². The van der Waals surface area contributed by atoms with Gasteiger partial charge < -0.3 is 9.30 Å². The average Bonchev–Trinajstić information content (AvgIpc) is 3.26. The van der Waals surface area contributed by atoms with Crippen LogP contribution in [0, 0.1) is 18.7 Å². The molecule has 3 heterocycles. The third-order valence-corrected chi connectivity index (χ3v) is 6.34. The fourth-order valence-electron chi connectivity index (χ4n) is 4.66. The molecule has 2 aliphatic heterocycles. The van der Waals surface area contributed by atoms with Crippen molar-refractivity contribution in [3.8, 4) is 11.4 Å². The van der Waals surface area contributed by atoms with E-state index in [0.29, 0.717) is 5.92 Å². The molecule has 3 aromatic rings. The maximum Gasteiger partial charge on any atom is 0.145 e. The van der Waals surface area contributed by atoms with E-state index in [1.807, 2.05) is 43.7 Å². The quantitative estimate of drug-likeness (QED) is 0.431. The zero-order valence-electron chi connectivity index (χ0n) is 21.9. The molecule has 2 aromatic carbocycles. The van der Waals surface area contributed by atoms with Crippen LogP contribution < -0.4 is 9.75 Å². The Hall–Kier alpha value is -3.61. The Morgan fingerprint density at radius 1 is 1.08 bits per heavy atom. The van der Waals surface area contributed by atoms with Crippen molar-refractivity contribution in [1.29, 1.82) is 0 Å². The lowest BCUT2D eigenvalue weighted by Crippen LogP contribution is -2.50. The number of rotatable bonds is 4. The summed E-state index contributed by atoms with van der Waals surface area (Å²) in [5.41, 5.74) is 5.19. The molecule has 0 radical (unpaired) electrons. The first-order valence-corrected chi connectivity index (χ1v) is 12.8. The lowest BCUT2D eigenvalue weighted by Gasteiger charge is -2.41. The third kappa shape index (κ3) is 5.45. The normalized spacial score (nSPS) is 18.7. The molecular weight excluding hydrogens is 453 g/mol. The lowest BCUT2D eigenvalue weighted by atomic mass is 10.0. The molecule has 1 unspecified atom stereocenters. The molecule has 5 rings (SSSR count). The Bertz CT molecular complexity index is 1230. The summed E-state index contributed by atoms with van der Waals surface area (Å²) in [5.74, 6) is 1.97. The number of methoxy groups -OCH3 is 1. The van der Waals surface area contributed by atoms with E-state index in [0.717, 1.165) is 66.7 Å². The molecule has 1 saturated heterocycles. The molecule has 2 aliphatic rings. The number of amidine groups is 1. The molecule has 1 fully saturated rings. The predicted molar refractivity (Wildman–Crippen MR) is 145 cm³/mol. The summed E-state index contributed by atoms with van der Waals surface area (Å²) in [7, 11) is 1.69. The minimum atomic E-state index is -0.219. The number of hydrogen-bond donors (Lipinski definition) is 0. The molecule has 36 heavy (non-hydrogen) atoms. The summed E-state index contributed by atoms with van der Waals surface area (Å²) in [4.78, 5) is 9.35. The van der Waals surface area contributed by atoms with Gasteiger partial charge in [0.15, 0.2) is 0 Å². The number of aliphatic imine (C=N–C) groups is 1. The molecule has 1 aromatic heterocycles. The van der Waals surface area contributed by atoms with E-state index in [1.54, 1.807) is 13.4 Å². The number of imidazole rings is 1. The van der Waals surface area contributed by atoms with Crippen molar-refractivity contribution in [2.45, 2.75) is 40.5 Å². The van der Waals surface area contributed by atoms with Crippen molar-refractivity contribution < 1.29 is 9.13 Å². The molecule has 0 N–H and O–H groups in total. The number of ether oxygens (including phenoxy) is 1. The predicted octanol–water partition coefficient (Wildman–Crippen LogP) is 6.30. The first kappa shape index (κ1) is 25.5. The van der Waals surface area contributed by atoms with Crippen LogP contribution in [0.3, 0.4) is 0 Å². The van der Waals surface area contributed by atoms with Crippen LogP contribution in [0.2, 0.25) is 0 Å². The summed E-state index contributed by atoms with van der Waals surface area (Å²) in [5, 5.41) is 4.53. The van der Waals surface area contributed by atoms with Crippen molar-refractivity contribution in [3.05, 3.63) is 77.6 Å². The molecule has 7 heteroatoms. The van der Waals surface area contributed by atoms with E-state index in [2.05, 4.69) is 46.2 Å². The van der Waals surface area contributed by atoms with Gasteiger partial charge in [-0.3, -0.25) is 15.0 Å². The molecule has 0 aliphatic carbocycles. The van der Waals surface area contributed by atoms with Crippen LogP contribution >= 0.6 is 0 Å². The van der Waals surface area contributed by atoms with Crippen molar-refractivity contribution in [1.82, 2.24) is 14.6 Å². The third-order valence-electron chi connectivity index (χ3n) is 6.34. The molecule has 0 amide bonds. The number of anilines is 1. The molecule has 0 spiro atoms. The van der Waals surface area contributed by atoms with Gasteiger partial charge >= 0.3 is 0 Å². The number of aromatic nitrogens is 2. The van der Waals surface area contributed by atoms with Crippen LogP contribution in [0.1, 0.15) is 44.9 Å². The Morgan fingerprint density at radius 2 is 1.86 bits per heavy atom.